The Morgan fingerprint density at radius 3 is 2.80 bits per heavy atom. The van der Waals surface area contributed by atoms with Crippen LogP contribution in [0.3, 0.4) is 0 Å². The van der Waals surface area contributed by atoms with Crippen molar-refractivity contribution >= 4 is 51.0 Å². The van der Waals surface area contributed by atoms with Crippen molar-refractivity contribution in [1.29, 1.82) is 0 Å². The number of nitrogens with one attached hydrogen (secondary N) is 1. The predicted octanol–water partition coefficient (Wildman–Crippen LogP) is -0.616. The van der Waals surface area contributed by atoms with Gasteiger partial charge >= 0.3 is 7.82 Å². The van der Waals surface area contributed by atoms with E-state index in [-0.39, 0.29) is 35.5 Å². The largest absolute Gasteiger partial charge is 0.472 e. The number of aliphatic hydroxyl groups is 1. The lowest BCUT2D eigenvalue weighted by Crippen LogP contribution is -2.38. The number of phosphoric acid groups is 1. The van der Waals surface area contributed by atoms with Crippen LogP contribution in [0.2, 0.25) is 0 Å². The highest BCUT2D eigenvalue weighted by atomic mass is 31.2. The minimum atomic E-state index is -4.79. The molecule has 0 aromatic carbocycles. The molecule has 2 aliphatic heterocycles. The fourth-order valence-electron chi connectivity index (χ4n) is 6.96. The van der Waals surface area contributed by atoms with E-state index in [9.17, 15) is 19.4 Å². The van der Waals surface area contributed by atoms with E-state index in [0.717, 1.165) is 0 Å². The van der Waals surface area contributed by atoms with Crippen LogP contribution in [-0.2, 0) is 32.1 Å². The topological polar surface area (TPSA) is 272 Å². The molecule has 2 aliphatic carbocycles. The number of hydrogen-bond donors (Lipinski definition) is 5. The summed E-state index contributed by atoms with van der Waals surface area (Å²) in [5.74, 6) is -0.167. The van der Waals surface area contributed by atoms with E-state index in [4.69, 9.17) is 39.0 Å². The Morgan fingerprint density at radius 1 is 1.18 bits per heavy atom. The Labute approximate surface area is 253 Å². The Balaban J connectivity index is 1.11. The number of H-pyrrole nitrogens is 1. The Morgan fingerprint density at radius 2 is 1.98 bits per heavy atom. The Bertz CT molecular complexity index is 1910. The molecule has 7 N–H and O–H groups in total. The molecule has 3 unspecified atom stereocenters. The summed E-state index contributed by atoms with van der Waals surface area (Å²) in [6.07, 6.45) is -1.29. The van der Waals surface area contributed by atoms with E-state index in [1.54, 1.807) is 4.57 Å². The van der Waals surface area contributed by atoms with Gasteiger partial charge in [0.05, 0.1) is 31.9 Å². The van der Waals surface area contributed by atoms with Gasteiger partial charge in [-0.25, -0.2) is 24.5 Å². The van der Waals surface area contributed by atoms with E-state index >= 15 is 0 Å². The average molecular weight is 666 g/mol. The molecule has 11 atom stereocenters. The lowest BCUT2D eigenvalue weighted by Gasteiger charge is -2.29. The van der Waals surface area contributed by atoms with Crippen LogP contribution >= 0.6 is 16.9 Å². The number of nitrogens with two attached hydrogens (primary N) is 2. The molecule has 4 aliphatic rings. The van der Waals surface area contributed by atoms with Crippen LogP contribution in [0.5, 0.6) is 0 Å². The van der Waals surface area contributed by atoms with Crippen LogP contribution < -0.4 is 17.0 Å². The second-order valence-corrected chi connectivity index (χ2v) is 13.5. The molecule has 1 spiro atoms. The molecule has 4 aromatic heterocycles. The second-order valence-electron chi connectivity index (χ2n) is 11.4. The molecule has 4 fully saturated rings. The summed E-state index contributed by atoms with van der Waals surface area (Å²) in [5.41, 5.74) is 11.3. The zero-order valence-electron chi connectivity index (χ0n) is 23.4. The SMILES string of the molecule is CO[C@H]1[C@H]2OPOCC34C[C@@H]3[C@@H](n3cnc5c(N)ncnc53)[C@H](O)[C@@H]4OP(=O)(O)OC[C@H]1O[C@H]2n1cnc2c(=O)[nH]c(N)nc21. The zero-order chi connectivity index (χ0) is 31.2. The summed E-state index contributed by atoms with van der Waals surface area (Å²) < 4.78 is 51.8. The van der Waals surface area contributed by atoms with E-state index in [1.807, 2.05) is 0 Å². The number of imidazole rings is 2. The molecule has 0 radical (unpaired) electrons. The minimum Gasteiger partial charge on any atom is -0.388 e. The minimum absolute atomic E-state index is 0.0267. The van der Waals surface area contributed by atoms with Crippen molar-refractivity contribution in [2.45, 2.75) is 49.2 Å². The molecule has 20 nitrogen and oxygen atoms in total. The molecule has 240 valence electrons. The van der Waals surface area contributed by atoms with Crippen molar-refractivity contribution in [2.24, 2.45) is 11.3 Å². The standard InChI is InChI=1S/C23H28N10O10P2/c1-38-14-9-3-40-45(36,37)43-16-13(34)12(32-6-28-10-17(24)26-5-27-18(10)32)8-2-23(8,16)4-39-44-42-15(14)21(41-9)33-7-29-11-19(33)30-22(25)31-20(11)35/h5-9,12-16,21,34,44H,2-4H2,1H3,(H,36,37)(H2,24,26,27)(H3,25,30,31,35)/t8-,9-,12-,13+,14-,15-,16+,21-,23?/m1/s1. The Kier molecular flexibility index (Phi) is 6.78. The fourth-order valence-corrected chi connectivity index (χ4v) is 8.73. The van der Waals surface area contributed by atoms with Crippen molar-refractivity contribution in [3.8, 4) is 0 Å². The molecule has 8 rings (SSSR count). The molecule has 22 heteroatoms. The molecule has 0 amide bonds. The van der Waals surface area contributed by atoms with Gasteiger partial charge in [0.15, 0.2) is 37.9 Å². The first-order valence-electron chi connectivity index (χ1n) is 13.8. The van der Waals surface area contributed by atoms with Crippen molar-refractivity contribution in [3.05, 3.63) is 29.3 Å². The highest BCUT2D eigenvalue weighted by molar-refractivity contribution is 7.47. The third-order valence-corrected chi connectivity index (χ3v) is 10.6. The number of aliphatic hydroxyl groups excluding tert-OH is 1. The number of aromatic amines is 1. The molecule has 2 saturated heterocycles. The average Bonchev–Trinajstić information content (AvgIpc) is 3.33. The van der Waals surface area contributed by atoms with Gasteiger partial charge in [-0.15, -0.1) is 0 Å². The highest BCUT2D eigenvalue weighted by Gasteiger charge is 2.73. The number of nitrogen functional groups attached to an aromatic ring is 2. The number of ether oxygens (including phenoxy) is 2. The van der Waals surface area contributed by atoms with Gasteiger partial charge in [-0.1, -0.05) is 0 Å². The summed E-state index contributed by atoms with van der Waals surface area (Å²) in [4.78, 5) is 46.6. The van der Waals surface area contributed by atoms with Crippen LogP contribution in [0.1, 0.15) is 18.7 Å². The lowest BCUT2D eigenvalue weighted by atomic mass is 10.0. The van der Waals surface area contributed by atoms with Crippen molar-refractivity contribution in [1.82, 2.24) is 39.0 Å². The van der Waals surface area contributed by atoms with Gasteiger partial charge in [0.25, 0.3) is 5.56 Å². The highest BCUT2D eigenvalue weighted by Crippen LogP contribution is 2.71. The maximum atomic E-state index is 13.4. The number of nitrogens with zero attached hydrogens (tertiary/aromatic N) is 7. The smallest absolute Gasteiger partial charge is 0.388 e. The lowest BCUT2D eigenvalue weighted by molar-refractivity contribution is -0.0649. The maximum absolute atomic E-state index is 13.4. The van der Waals surface area contributed by atoms with E-state index < -0.39 is 77.2 Å². The molecule has 2 saturated carbocycles. The first-order valence-corrected chi connectivity index (χ1v) is 16.1. The number of phosphoric ester groups is 1. The van der Waals surface area contributed by atoms with E-state index in [2.05, 4.69) is 29.9 Å². The van der Waals surface area contributed by atoms with Gasteiger partial charge in [0, 0.05) is 12.5 Å². The van der Waals surface area contributed by atoms with Gasteiger partial charge in [-0.3, -0.25) is 23.4 Å². The number of methoxy groups -OCH3 is 1. The van der Waals surface area contributed by atoms with E-state index in [0.29, 0.717) is 17.6 Å². The molecule has 45 heavy (non-hydrogen) atoms. The van der Waals surface area contributed by atoms with Crippen LogP contribution in [0.4, 0.5) is 11.8 Å². The third-order valence-electron chi connectivity index (χ3n) is 9.04. The number of aromatic nitrogens is 8. The van der Waals surface area contributed by atoms with Crippen LogP contribution in [0, 0.1) is 11.3 Å². The Hall–Kier alpha value is -3.16. The molecule has 4 aromatic rings. The summed E-state index contributed by atoms with van der Waals surface area (Å²) in [6.45, 7) is -0.417. The molecular weight excluding hydrogens is 638 g/mol. The van der Waals surface area contributed by atoms with Gasteiger partial charge < -0.3 is 44.6 Å². The second kappa shape index (κ2) is 10.4. The van der Waals surface area contributed by atoms with Crippen molar-refractivity contribution in [2.75, 3.05) is 31.8 Å². The third kappa shape index (κ3) is 4.51. The van der Waals surface area contributed by atoms with Crippen LogP contribution in [0.25, 0.3) is 22.3 Å². The monoisotopic (exact) mass is 666 g/mol. The fraction of sp³-hybridized carbons (Fsp3) is 0.565. The number of rotatable bonds is 3. The number of fused-ring (bicyclic) bond motifs is 4. The zero-order valence-corrected chi connectivity index (χ0v) is 25.3. The number of anilines is 2. The quantitative estimate of drug-likeness (QED) is 0.170. The maximum Gasteiger partial charge on any atom is 0.472 e. The summed E-state index contributed by atoms with van der Waals surface area (Å²) >= 11 is 0. The summed E-state index contributed by atoms with van der Waals surface area (Å²) in [7, 11) is -3.90. The predicted molar refractivity (Wildman–Crippen MR) is 152 cm³/mol. The summed E-state index contributed by atoms with van der Waals surface area (Å²) in [6, 6.07) is -0.616. The molecule has 2 bridgehead atoms. The normalized spacial score (nSPS) is 38.9. The van der Waals surface area contributed by atoms with Crippen molar-refractivity contribution < 1.29 is 42.1 Å². The first-order chi connectivity index (χ1) is 21.6. The number of hydrogen-bond acceptors (Lipinski definition) is 16. The summed E-state index contributed by atoms with van der Waals surface area (Å²) in [5, 5.41) is 11.5. The van der Waals surface area contributed by atoms with Gasteiger partial charge in [0.1, 0.15) is 42.4 Å². The van der Waals surface area contributed by atoms with Crippen molar-refractivity contribution in [3.63, 3.8) is 0 Å². The first kappa shape index (κ1) is 29.3. The van der Waals surface area contributed by atoms with Gasteiger partial charge in [0.2, 0.25) is 5.95 Å². The van der Waals surface area contributed by atoms with E-state index in [1.165, 1.54) is 30.7 Å². The van der Waals surface area contributed by atoms with Gasteiger partial charge in [-0.2, -0.15) is 4.98 Å². The van der Waals surface area contributed by atoms with Crippen LogP contribution in [-0.4, -0.2) is 99.9 Å². The van der Waals surface area contributed by atoms with Gasteiger partial charge in [-0.05, 0) is 12.3 Å². The molecule has 6 heterocycles. The molecular formula is C23H28N10O10P2. The van der Waals surface area contributed by atoms with Crippen LogP contribution in [0.15, 0.2) is 23.8 Å².